The Labute approximate surface area is 102 Å². The molecule has 0 aromatic rings. The third-order valence-electron chi connectivity index (χ3n) is 3.26. The van der Waals surface area contributed by atoms with E-state index in [0.717, 1.165) is 6.42 Å². The van der Waals surface area contributed by atoms with Gasteiger partial charge in [-0.2, -0.15) is 0 Å². The second-order valence-electron chi connectivity index (χ2n) is 4.93. The average molecular weight is 245 g/mol. The molecule has 0 bridgehead atoms. The van der Waals surface area contributed by atoms with Crippen LogP contribution in [0.15, 0.2) is 0 Å². The van der Waals surface area contributed by atoms with Crippen molar-refractivity contribution in [1.29, 1.82) is 0 Å². The lowest BCUT2D eigenvalue weighted by atomic mass is 9.95. The standard InChI is InChI=1S/C12H23NO4/c1-9-10(4-7-17-9)11(15)13-12(2,5-6-14)8-16-3/h9-10,14H,4-8H2,1-3H3,(H,13,15). The number of amides is 1. The van der Waals surface area contributed by atoms with Gasteiger partial charge in [-0.1, -0.05) is 0 Å². The fourth-order valence-corrected chi connectivity index (χ4v) is 2.20. The topological polar surface area (TPSA) is 67.8 Å². The van der Waals surface area contributed by atoms with Gasteiger partial charge in [0.25, 0.3) is 0 Å². The third kappa shape index (κ3) is 3.94. The monoisotopic (exact) mass is 245 g/mol. The van der Waals surface area contributed by atoms with E-state index in [1.165, 1.54) is 0 Å². The Morgan fingerprint density at radius 2 is 2.35 bits per heavy atom. The molecule has 3 atom stereocenters. The quantitative estimate of drug-likeness (QED) is 0.707. The Kier molecular flexibility index (Phi) is 5.36. The van der Waals surface area contributed by atoms with E-state index < -0.39 is 5.54 Å². The van der Waals surface area contributed by atoms with E-state index in [-0.39, 0.29) is 24.5 Å². The molecule has 0 aromatic heterocycles. The van der Waals surface area contributed by atoms with Gasteiger partial charge in [0.1, 0.15) is 0 Å². The third-order valence-corrected chi connectivity index (χ3v) is 3.26. The van der Waals surface area contributed by atoms with Crippen LogP contribution in [-0.2, 0) is 14.3 Å². The smallest absolute Gasteiger partial charge is 0.226 e. The van der Waals surface area contributed by atoms with Crippen LogP contribution in [-0.4, -0.2) is 49.6 Å². The lowest BCUT2D eigenvalue weighted by molar-refractivity contribution is -0.129. The minimum atomic E-state index is -0.511. The molecule has 5 heteroatoms. The maximum absolute atomic E-state index is 12.1. The summed E-state index contributed by atoms with van der Waals surface area (Å²) in [7, 11) is 1.59. The maximum Gasteiger partial charge on any atom is 0.226 e. The number of hydrogen-bond acceptors (Lipinski definition) is 4. The number of carbonyl (C=O) groups is 1. The molecule has 1 aliphatic rings. The van der Waals surface area contributed by atoms with Crippen molar-refractivity contribution in [1.82, 2.24) is 5.32 Å². The largest absolute Gasteiger partial charge is 0.396 e. The van der Waals surface area contributed by atoms with Crippen molar-refractivity contribution in [3.63, 3.8) is 0 Å². The SMILES string of the molecule is COCC(C)(CCO)NC(=O)C1CCOC1C. The summed E-state index contributed by atoms with van der Waals surface area (Å²) in [4.78, 5) is 12.1. The number of hydrogen-bond donors (Lipinski definition) is 2. The van der Waals surface area contributed by atoms with Gasteiger partial charge < -0.3 is 19.9 Å². The van der Waals surface area contributed by atoms with Crippen molar-refractivity contribution >= 4 is 5.91 Å². The molecule has 1 fully saturated rings. The van der Waals surface area contributed by atoms with E-state index in [9.17, 15) is 4.79 Å². The van der Waals surface area contributed by atoms with Gasteiger partial charge in [-0.25, -0.2) is 0 Å². The summed E-state index contributed by atoms with van der Waals surface area (Å²) in [6.45, 7) is 4.85. The van der Waals surface area contributed by atoms with Crippen LogP contribution in [0.5, 0.6) is 0 Å². The Bertz CT molecular complexity index is 251. The van der Waals surface area contributed by atoms with Gasteiger partial charge >= 0.3 is 0 Å². The van der Waals surface area contributed by atoms with Crippen LogP contribution in [0.4, 0.5) is 0 Å². The predicted molar refractivity (Wildman–Crippen MR) is 63.6 cm³/mol. The Balaban J connectivity index is 2.57. The van der Waals surface area contributed by atoms with Crippen LogP contribution in [0, 0.1) is 5.92 Å². The van der Waals surface area contributed by atoms with Crippen LogP contribution >= 0.6 is 0 Å². The molecule has 100 valence electrons. The van der Waals surface area contributed by atoms with E-state index in [1.807, 2.05) is 13.8 Å². The molecule has 0 radical (unpaired) electrons. The molecule has 0 saturated carbocycles. The van der Waals surface area contributed by atoms with E-state index in [1.54, 1.807) is 7.11 Å². The van der Waals surface area contributed by atoms with E-state index in [0.29, 0.717) is 19.6 Å². The van der Waals surface area contributed by atoms with Gasteiger partial charge in [-0.15, -0.1) is 0 Å². The first-order valence-corrected chi connectivity index (χ1v) is 6.06. The molecule has 0 aromatic carbocycles. The highest BCUT2D eigenvalue weighted by Crippen LogP contribution is 2.22. The minimum absolute atomic E-state index is 0.0111. The van der Waals surface area contributed by atoms with Gasteiger partial charge in [0, 0.05) is 20.3 Å². The van der Waals surface area contributed by atoms with Crippen LogP contribution in [0.2, 0.25) is 0 Å². The van der Waals surface area contributed by atoms with Crippen LogP contribution in [0.3, 0.4) is 0 Å². The Hall–Kier alpha value is -0.650. The summed E-state index contributed by atoms with van der Waals surface area (Å²) in [5, 5.41) is 12.0. The van der Waals surface area contributed by atoms with Crippen molar-refractivity contribution in [2.45, 2.75) is 38.3 Å². The summed E-state index contributed by atoms with van der Waals surface area (Å²) in [5.74, 6) is -0.104. The molecule has 17 heavy (non-hydrogen) atoms. The number of methoxy groups -OCH3 is 1. The van der Waals surface area contributed by atoms with Gasteiger partial charge in [-0.05, 0) is 26.7 Å². The molecule has 1 aliphatic heterocycles. The van der Waals surface area contributed by atoms with E-state index in [4.69, 9.17) is 14.6 Å². The number of nitrogens with one attached hydrogen (secondary N) is 1. The van der Waals surface area contributed by atoms with Gasteiger partial charge in [0.2, 0.25) is 5.91 Å². The first kappa shape index (κ1) is 14.4. The zero-order valence-corrected chi connectivity index (χ0v) is 10.9. The van der Waals surface area contributed by atoms with E-state index in [2.05, 4.69) is 5.32 Å². The summed E-state index contributed by atoms with van der Waals surface area (Å²) in [6.07, 6.45) is 1.21. The molecule has 0 aliphatic carbocycles. The average Bonchev–Trinajstić information content (AvgIpc) is 2.64. The second kappa shape index (κ2) is 6.33. The highest BCUT2D eigenvalue weighted by atomic mass is 16.5. The predicted octanol–water partition coefficient (Wildman–Crippen LogP) is 0.315. The molecule has 1 rings (SSSR count). The van der Waals surface area contributed by atoms with Crippen molar-refractivity contribution in [3.05, 3.63) is 0 Å². The van der Waals surface area contributed by atoms with Gasteiger partial charge in [0.05, 0.1) is 24.2 Å². The van der Waals surface area contributed by atoms with Crippen molar-refractivity contribution < 1.29 is 19.4 Å². The van der Waals surface area contributed by atoms with Crippen LogP contribution in [0.1, 0.15) is 26.7 Å². The zero-order valence-electron chi connectivity index (χ0n) is 10.9. The second-order valence-corrected chi connectivity index (χ2v) is 4.93. The van der Waals surface area contributed by atoms with E-state index >= 15 is 0 Å². The lowest BCUT2D eigenvalue weighted by Crippen LogP contribution is -2.52. The maximum atomic E-state index is 12.1. The molecular formula is C12H23NO4. The van der Waals surface area contributed by atoms with Crippen LogP contribution in [0.25, 0.3) is 0 Å². The first-order valence-electron chi connectivity index (χ1n) is 6.06. The molecule has 2 N–H and O–H groups in total. The molecule has 5 nitrogen and oxygen atoms in total. The summed E-state index contributed by atoms with van der Waals surface area (Å²) in [6, 6.07) is 0. The Morgan fingerprint density at radius 1 is 1.65 bits per heavy atom. The number of rotatable bonds is 6. The summed E-state index contributed by atoms with van der Waals surface area (Å²) >= 11 is 0. The molecule has 1 amide bonds. The number of aliphatic hydroxyl groups is 1. The molecule has 1 saturated heterocycles. The number of carbonyl (C=O) groups excluding carboxylic acids is 1. The highest BCUT2D eigenvalue weighted by molar-refractivity contribution is 5.80. The first-order chi connectivity index (χ1) is 8.02. The summed E-state index contributed by atoms with van der Waals surface area (Å²) in [5.41, 5.74) is -0.511. The number of ether oxygens (including phenoxy) is 2. The number of aliphatic hydroxyl groups excluding tert-OH is 1. The normalized spacial score (nSPS) is 27.8. The van der Waals surface area contributed by atoms with Gasteiger partial charge in [0.15, 0.2) is 0 Å². The molecule has 1 heterocycles. The summed E-state index contributed by atoms with van der Waals surface area (Å²) < 4.78 is 10.5. The molecular weight excluding hydrogens is 222 g/mol. The molecule has 3 unspecified atom stereocenters. The van der Waals surface area contributed by atoms with Crippen LogP contribution < -0.4 is 5.32 Å². The minimum Gasteiger partial charge on any atom is -0.396 e. The lowest BCUT2D eigenvalue weighted by Gasteiger charge is -2.31. The molecule has 0 spiro atoms. The zero-order chi connectivity index (χ0) is 12.9. The van der Waals surface area contributed by atoms with Crippen molar-refractivity contribution in [2.75, 3.05) is 26.9 Å². The Morgan fingerprint density at radius 3 is 2.82 bits per heavy atom. The highest BCUT2D eigenvalue weighted by Gasteiger charge is 2.35. The van der Waals surface area contributed by atoms with Crippen molar-refractivity contribution in [3.8, 4) is 0 Å². The fourth-order valence-electron chi connectivity index (χ4n) is 2.20. The van der Waals surface area contributed by atoms with Gasteiger partial charge in [-0.3, -0.25) is 4.79 Å². The van der Waals surface area contributed by atoms with Crippen molar-refractivity contribution in [2.24, 2.45) is 5.92 Å². The fraction of sp³-hybridized carbons (Fsp3) is 0.917.